The van der Waals surface area contributed by atoms with E-state index in [0.29, 0.717) is 13.0 Å². The van der Waals surface area contributed by atoms with Crippen molar-refractivity contribution in [1.29, 1.82) is 0 Å². The standard InChI is InChI=1S/C26H28FN3O2/c1-19(2)13-26(32)30(18-21-5-3-7-23(27)14-21)24-10-8-20(9-11-24)15-25(31)29-17-22-6-4-12-28-16-22/h3-12,14,16,19H,13,15,17-18H2,1-2H3,(H,29,31). The Kier molecular flexibility index (Phi) is 8.08. The Labute approximate surface area is 188 Å². The van der Waals surface area contributed by atoms with Gasteiger partial charge in [-0.3, -0.25) is 14.6 Å². The Balaban J connectivity index is 1.67. The summed E-state index contributed by atoms with van der Waals surface area (Å²) in [5.41, 5.74) is 3.23. The molecule has 166 valence electrons. The number of aromatic nitrogens is 1. The van der Waals surface area contributed by atoms with E-state index in [9.17, 15) is 14.0 Å². The monoisotopic (exact) mass is 433 g/mol. The molecule has 2 aromatic carbocycles. The van der Waals surface area contributed by atoms with Gasteiger partial charge < -0.3 is 10.2 Å². The first-order valence-electron chi connectivity index (χ1n) is 10.7. The summed E-state index contributed by atoms with van der Waals surface area (Å²) in [6.07, 6.45) is 4.05. The normalized spacial score (nSPS) is 10.8. The van der Waals surface area contributed by atoms with Crippen LogP contribution in [0.5, 0.6) is 0 Å². The maximum absolute atomic E-state index is 13.6. The molecule has 0 aliphatic heterocycles. The minimum atomic E-state index is -0.327. The number of amides is 2. The zero-order valence-corrected chi connectivity index (χ0v) is 18.4. The quantitative estimate of drug-likeness (QED) is 0.534. The minimum absolute atomic E-state index is 0.0220. The summed E-state index contributed by atoms with van der Waals surface area (Å²) in [7, 11) is 0. The molecule has 3 aromatic rings. The fourth-order valence-electron chi connectivity index (χ4n) is 3.35. The predicted molar refractivity (Wildman–Crippen MR) is 123 cm³/mol. The summed E-state index contributed by atoms with van der Waals surface area (Å²) >= 11 is 0. The molecule has 3 rings (SSSR count). The minimum Gasteiger partial charge on any atom is -0.352 e. The lowest BCUT2D eigenvalue weighted by Gasteiger charge is -2.24. The van der Waals surface area contributed by atoms with E-state index >= 15 is 0 Å². The van der Waals surface area contributed by atoms with Crippen LogP contribution in [0.2, 0.25) is 0 Å². The van der Waals surface area contributed by atoms with Gasteiger partial charge in [-0.2, -0.15) is 0 Å². The van der Waals surface area contributed by atoms with Crippen molar-refractivity contribution in [2.45, 2.75) is 39.8 Å². The van der Waals surface area contributed by atoms with Crippen molar-refractivity contribution in [3.05, 3.63) is 95.6 Å². The second-order valence-corrected chi connectivity index (χ2v) is 8.19. The summed E-state index contributed by atoms with van der Waals surface area (Å²) in [6.45, 7) is 4.70. The number of hydrogen-bond acceptors (Lipinski definition) is 3. The van der Waals surface area contributed by atoms with Crippen molar-refractivity contribution < 1.29 is 14.0 Å². The molecular weight excluding hydrogens is 405 g/mol. The van der Waals surface area contributed by atoms with Crippen LogP contribution < -0.4 is 10.2 Å². The number of nitrogens with one attached hydrogen (secondary N) is 1. The van der Waals surface area contributed by atoms with Crippen molar-refractivity contribution >= 4 is 17.5 Å². The van der Waals surface area contributed by atoms with Crippen LogP contribution in [0.1, 0.15) is 37.0 Å². The smallest absolute Gasteiger partial charge is 0.227 e. The molecule has 0 bridgehead atoms. The average molecular weight is 434 g/mol. The van der Waals surface area contributed by atoms with Crippen LogP contribution in [0.15, 0.2) is 73.1 Å². The summed E-state index contributed by atoms with van der Waals surface area (Å²) in [5, 5.41) is 2.88. The van der Waals surface area contributed by atoms with Crippen LogP contribution >= 0.6 is 0 Å². The third-order valence-electron chi connectivity index (χ3n) is 4.94. The molecule has 1 aromatic heterocycles. The van der Waals surface area contributed by atoms with Gasteiger partial charge in [0.1, 0.15) is 5.82 Å². The molecule has 0 radical (unpaired) electrons. The zero-order chi connectivity index (χ0) is 22.9. The fraction of sp³-hybridized carbons (Fsp3) is 0.269. The molecule has 0 spiro atoms. The molecule has 1 heterocycles. The molecule has 0 aliphatic carbocycles. The maximum Gasteiger partial charge on any atom is 0.227 e. The Morgan fingerprint density at radius 3 is 2.41 bits per heavy atom. The van der Waals surface area contributed by atoms with E-state index in [1.807, 2.05) is 50.2 Å². The van der Waals surface area contributed by atoms with E-state index in [-0.39, 0.29) is 36.5 Å². The van der Waals surface area contributed by atoms with Crippen LogP contribution in [-0.4, -0.2) is 16.8 Å². The molecule has 0 saturated carbocycles. The number of pyridine rings is 1. The molecule has 0 aliphatic rings. The molecular formula is C26H28FN3O2. The highest BCUT2D eigenvalue weighted by atomic mass is 19.1. The van der Waals surface area contributed by atoms with Crippen molar-refractivity contribution in [3.63, 3.8) is 0 Å². The van der Waals surface area contributed by atoms with Gasteiger partial charge in [-0.05, 0) is 52.9 Å². The lowest BCUT2D eigenvalue weighted by molar-refractivity contribution is -0.121. The largest absolute Gasteiger partial charge is 0.352 e. The first-order valence-corrected chi connectivity index (χ1v) is 10.7. The highest BCUT2D eigenvalue weighted by molar-refractivity contribution is 5.93. The summed E-state index contributed by atoms with van der Waals surface area (Å²) in [6, 6.07) is 17.4. The number of benzene rings is 2. The number of carbonyl (C=O) groups is 2. The Bertz CT molecular complexity index is 1040. The number of nitrogens with zero attached hydrogens (tertiary/aromatic N) is 2. The van der Waals surface area contributed by atoms with E-state index in [4.69, 9.17) is 0 Å². The van der Waals surface area contributed by atoms with Crippen molar-refractivity contribution in [2.75, 3.05) is 4.90 Å². The highest BCUT2D eigenvalue weighted by Gasteiger charge is 2.18. The van der Waals surface area contributed by atoms with Crippen molar-refractivity contribution in [2.24, 2.45) is 5.92 Å². The van der Waals surface area contributed by atoms with Crippen LogP contribution in [0, 0.1) is 11.7 Å². The van der Waals surface area contributed by atoms with E-state index < -0.39 is 0 Å². The lowest BCUT2D eigenvalue weighted by Crippen LogP contribution is -2.31. The number of carbonyl (C=O) groups excluding carboxylic acids is 2. The third kappa shape index (κ3) is 7.01. The zero-order valence-electron chi connectivity index (χ0n) is 18.4. The number of hydrogen-bond donors (Lipinski definition) is 1. The van der Waals surface area contributed by atoms with Gasteiger partial charge in [-0.1, -0.05) is 44.2 Å². The molecule has 5 nitrogen and oxygen atoms in total. The summed E-state index contributed by atoms with van der Waals surface area (Å²) in [5.74, 6) is -0.230. The fourth-order valence-corrected chi connectivity index (χ4v) is 3.35. The Morgan fingerprint density at radius 2 is 1.75 bits per heavy atom. The van der Waals surface area contributed by atoms with Crippen molar-refractivity contribution in [1.82, 2.24) is 10.3 Å². The van der Waals surface area contributed by atoms with Gasteiger partial charge in [-0.15, -0.1) is 0 Å². The first kappa shape index (κ1) is 23.1. The van der Waals surface area contributed by atoms with Gasteiger partial charge >= 0.3 is 0 Å². The second kappa shape index (κ2) is 11.2. The molecule has 0 unspecified atom stereocenters. The number of anilines is 1. The first-order chi connectivity index (χ1) is 15.4. The lowest BCUT2D eigenvalue weighted by atomic mass is 10.1. The second-order valence-electron chi connectivity index (χ2n) is 8.19. The predicted octanol–water partition coefficient (Wildman–Crippen LogP) is 4.66. The van der Waals surface area contributed by atoms with E-state index in [1.54, 1.807) is 29.4 Å². The van der Waals surface area contributed by atoms with Crippen LogP contribution in [0.3, 0.4) is 0 Å². The molecule has 1 N–H and O–H groups in total. The van der Waals surface area contributed by atoms with E-state index in [1.165, 1.54) is 12.1 Å². The van der Waals surface area contributed by atoms with Gasteiger partial charge in [0.05, 0.1) is 13.0 Å². The van der Waals surface area contributed by atoms with Gasteiger partial charge in [0, 0.05) is 31.0 Å². The maximum atomic E-state index is 13.6. The average Bonchev–Trinajstić information content (AvgIpc) is 2.77. The van der Waals surface area contributed by atoms with Crippen LogP contribution in [-0.2, 0) is 29.1 Å². The summed E-state index contributed by atoms with van der Waals surface area (Å²) in [4.78, 5) is 30.9. The molecule has 6 heteroatoms. The molecule has 0 fully saturated rings. The SMILES string of the molecule is CC(C)CC(=O)N(Cc1cccc(F)c1)c1ccc(CC(=O)NCc2cccnc2)cc1. The van der Waals surface area contributed by atoms with Gasteiger partial charge in [0.15, 0.2) is 0 Å². The molecule has 32 heavy (non-hydrogen) atoms. The van der Waals surface area contributed by atoms with Crippen LogP contribution in [0.4, 0.5) is 10.1 Å². The third-order valence-corrected chi connectivity index (χ3v) is 4.94. The summed E-state index contributed by atoms with van der Waals surface area (Å²) < 4.78 is 13.6. The number of halogens is 1. The van der Waals surface area contributed by atoms with Gasteiger partial charge in [0.25, 0.3) is 0 Å². The topological polar surface area (TPSA) is 62.3 Å². The van der Waals surface area contributed by atoms with E-state index in [0.717, 1.165) is 22.4 Å². The van der Waals surface area contributed by atoms with Crippen molar-refractivity contribution in [3.8, 4) is 0 Å². The molecule has 0 saturated heterocycles. The molecule has 2 amide bonds. The molecule has 0 atom stereocenters. The van der Waals surface area contributed by atoms with E-state index in [2.05, 4.69) is 10.3 Å². The van der Waals surface area contributed by atoms with Gasteiger partial charge in [-0.25, -0.2) is 4.39 Å². The number of rotatable bonds is 9. The van der Waals surface area contributed by atoms with Crippen LogP contribution in [0.25, 0.3) is 0 Å². The Hall–Kier alpha value is -3.54. The highest BCUT2D eigenvalue weighted by Crippen LogP contribution is 2.21. The Morgan fingerprint density at radius 1 is 1.00 bits per heavy atom. The van der Waals surface area contributed by atoms with Gasteiger partial charge in [0.2, 0.25) is 11.8 Å².